The molecule has 2 aliphatic rings. The smallest absolute Gasteiger partial charge is 0.230 e. The van der Waals surface area contributed by atoms with E-state index >= 15 is 0 Å². The highest BCUT2D eigenvalue weighted by atomic mass is 35.5. The molecule has 1 saturated heterocycles. The van der Waals surface area contributed by atoms with Gasteiger partial charge in [-0.25, -0.2) is 0 Å². The van der Waals surface area contributed by atoms with Crippen molar-refractivity contribution in [1.29, 1.82) is 0 Å². The van der Waals surface area contributed by atoms with E-state index in [0.29, 0.717) is 29.7 Å². The Labute approximate surface area is 177 Å². The molecule has 0 aromatic carbocycles. The number of nitrogens with two attached hydrogens (primary N) is 1. The maximum Gasteiger partial charge on any atom is 0.230 e. The molecule has 1 saturated carbocycles. The van der Waals surface area contributed by atoms with Gasteiger partial charge in [-0.2, -0.15) is 4.98 Å². The topological polar surface area (TPSA) is 98.1 Å². The summed E-state index contributed by atoms with van der Waals surface area (Å²) in [6, 6.07) is 5.82. The number of carbonyl (C=O) groups is 1. The van der Waals surface area contributed by atoms with Crippen LogP contribution in [0.2, 0.25) is 0 Å². The molecule has 9 heteroatoms. The van der Waals surface area contributed by atoms with Crippen LogP contribution in [0, 0.1) is 5.92 Å². The number of hydrogen-bond donors (Lipinski definition) is 1. The average molecular weight is 428 g/mol. The molecule has 28 heavy (non-hydrogen) atoms. The molecule has 0 bridgehead atoms. The maximum atomic E-state index is 12.5. The molecule has 1 aliphatic heterocycles. The fourth-order valence-electron chi connectivity index (χ4n) is 4.05. The van der Waals surface area contributed by atoms with Crippen LogP contribution >= 0.6 is 24.8 Å². The Balaban J connectivity index is 0.00000140. The van der Waals surface area contributed by atoms with E-state index in [1.807, 2.05) is 23.1 Å². The molecule has 4 rings (SSSR count). The standard InChI is InChI=1S/C19H25N5O2.2ClH/c20-15-5-3-4-14(15)12-17(25)24-10-7-13(8-11-24)19-22-18(23-26-19)16-6-1-2-9-21-16;;/h1-2,6,9,13-15H,3-5,7-8,10-12,20H2;2*1H/t14-,15+;;/m0../s1. The second-order valence-electron chi connectivity index (χ2n) is 7.39. The van der Waals surface area contributed by atoms with E-state index in [0.717, 1.165) is 45.2 Å². The largest absolute Gasteiger partial charge is 0.343 e. The van der Waals surface area contributed by atoms with E-state index in [9.17, 15) is 4.79 Å². The lowest BCUT2D eigenvalue weighted by Crippen LogP contribution is -2.40. The van der Waals surface area contributed by atoms with E-state index in [1.165, 1.54) is 0 Å². The number of rotatable bonds is 4. The van der Waals surface area contributed by atoms with E-state index in [-0.39, 0.29) is 42.7 Å². The minimum atomic E-state index is 0. The van der Waals surface area contributed by atoms with Crippen LogP contribution in [0.5, 0.6) is 0 Å². The number of halogens is 2. The van der Waals surface area contributed by atoms with Crippen LogP contribution in [0.15, 0.2) is 28.9 Å². The van der Waals surface area contributed by atoms with Crippen molar-refractivity contribution in [3.8, 4) is 11.5 Å². The zero-order valence-electron chi connectivity index (χ0n) is 15.7. The molecule has 0 spiro atoms. The first-order chi connectivity index (χ1) is 12.7. The highest BCUT2D eigenvalue weighted by Crippen LogP contribution is 2.31. The maximum absolute atomic E-state index is 12.5. The summed E-state index contributed by atoms with van der Waals surface area (Å²) in [5, 5.41) is 4.05. The van der Waals surface area contributed by atoms with Gasteiger partial charge >= 0.3 is 0 Å². The predicted molar refractivity (Wildman–Crippen MR) is 111 cm³/mol. The predicted octanol–water partition coefficient (Wildman–Crippen LogP) is 3.20. The molecule has 1 amide bonds. The summed E-state index contributed by atoms with van der Waals surface area (Å²) in [6.45, 7) is 1.49. The average Bonchev–Trinajstić information content (AvgIpc) is 3.32. The van der Waals surface area contributed by atoms with Crippen LogP contribution in [-0.4, -0.2) is 45.1 Å². The molecule has 2 N–H and O–H groups in total. The van der Waals surface area contributed by atoms with Crippen molar-refractivity contribution < 1.29 is 9.32 Å². The van der Waals surface area contributed by atoms with Crippen LogP contribution in [-0.2, 0) is 4.79 Å². The third-order valence-corrected chi connectivity index (χ3v) is 5.69. The Bertz CT molecular complexity index is 750. The van der Waals surface area contributed by atoms with Crippen molar-refractivity contribution in [1.82, 2.24) is 20.0 Å². The summed E-state index contributed by atoms with van der Waals surface area (Å²) in [4.78, 5) is 23.3. The van der Waals surface area contributed by atoms with Crippen molar-refractivity contribution in [3.05, 3.63) is 30.3 Å². The third kappa shape index (κ3) is 5.01. The molecule has 7 nitrogen and oxygen atoms in total. The van der Waals surface area contributed by atoms with Gasteiger partial charge in [-0.1, -0.05) is 17.6 Å². The summed E-state index contributed by atoms with van der Waals surface area (Å²) in [5.41, 5.74) is 6.81. The zero-order chi connectivity index (χ0) is 17.9. The Morgan fingerprint density at radius 2 is 1.96 bits per heavy atom. The first kappa shape index (κ1) is 22.6. The molecule has 0 unspecified atom stereocenters. The van der Waals surface area contributed by atoms with Gasteiger partial charge in [0.05, 0.1) is 0 Å². The highest BCUT2D eigenvalue weighted by molar-refractivity contribution is 5.85. The Morgan fingerprint density at radius 1 is 1.18 bits per heavy atom. The monoisotopic (exact) mass is 427 g/mol. The summed E-state index contributed by atoms with van der Waals surface area (Å²) < 4.78 is 5.45. The molecular weight excluding hydrogens is 401 g/mol. The Morgan fingerprint density at radius 3 is 2.61 bits per heavy atom. The molecule has 2 aromatic heterocycles. The SMILES string of the molecule is Cl.Cl.N[C@@H]1CCC[C@H]1CC(=O)N1CCC(c2nc(-c3ccccn3)no2)CC1. The molecule has 3 heterocycles. The number of nitrogens with zero attached hydrogens (tertiary/aromatic N) is 4. The minimum absolute atomic E-state index is 0. The summed E-state index contributed by atoms with van der Waals surface area (Å²) in [5.74, 6) is 1.98. The van der Waals surface area contributed by atoms with Crippen molar-refractivity contribution in [2.24, 2.45) is 11.7 Å². The molecular formula is C19H27Cl2N5O2. The van der Waals surface area contributed by atoms with Crippen LogP contribution in [0.4, 0.5) is 0 Å². The van der Waals surface area contributed by atoms with Gasteiger partial charge in [-0.3, -0.25) is 9.78 Å². The number of pyridine rings is 1. The zero-order valence-corrected chi connectivity index (χ0v) is 17.3. The highest BCUT2D eigenvalue weighted by Gasteiger charge is 2.31. The van der Waals surface area contributed by atoms with Gasteiger partial charge < -0.3 is 15.2 Å². The number of carbonyl (C=O) groups excluding carboxylic acids is 1. The molecule has 2 fully saturated rings. The van der Waals surface area contributed by atoms with Gasteiger partial charge in [0.15, 0.2) is 0 Å². The lowest BCUT2D eigenvalue weighted by molar-refractivity contribution is -0.133. The van der Waals surface area contributed by atoms with E-state index < -0.39 is 0 Å². The first-order valence-corrected chi connectivity index (χ1v) is 9.49. The minimum Gasteiger partial charge on any atom is -0.343 e. The van der Waals surface area contributed by atoms with Gasteiger partial charge in [-0.15, -0.1) is 24.8 Å². The van der Waals surface area contributed by atoms with Crippen LogP contribution in [0.3, 0.4) is 0 Å². The van der Waals surface area contributed by atoms with Gasteiger partial charge in [0.1, 0.15) is 5.69 Å². The second kappa shape index (κ2) is 10.2. The number of aromatic nitrogens is 3. The van der Waals surface area contributed by atoms with E-state index in [1.54, 1.807) is 6.20 Å². The second-order valence-corrected chi connectivity index (χ2v) is 7.39. The lowest BCUT2D eigenvalue weighted by atomic mass is 9.94. The number of hydrogen-bond acceptors (Lipinski definition) is 6. The van der Waals surface area contributed by atoms with Crippen molar-refractivity contribution in [3.63, 3.8) is 0 Å². The van der Waals surface area contributed by atoms with Gasteiger partial charge in [0, 0.05) is 37.7 Å². The summed E-state index contributed by atoms with van der Waals surface area (Å²) in [6.07, 6.45) is 7.30. The molecule has 1 aliphatic carbocycles. The fourth-order valence-corrected chi connectivity index (χ4v) is 4.05. The lowest BCUT2D eigenvalue weighted by Gasteiger charge is -2.31. The summed E-state index contributed by atoms with van der Waals surface area (Å²) in [7, 11) is 0. The molecule has 2 atom stereocenters. The van der Waals surface area contributed by atoms with Crippen LogP contribution in [0.1, 0.15) is 50.3 Å². The third-order valence-electron chi connectivity index (χ3n) is 5.69. The summed E-state index contributed by atoms with van der Waals surface area (Å²) >= 11 is 0. The van der Waals surface area contributed by atoms with E-state index in [2.05, 4.69) is 15.1 Å². The number of likely N-dealkylation sites (tertiary alicyclic amines) is 1. The molecule has 154 valence electrons. The molecule has 0 radical (unpaired) electrons. The van der Waals surface area contributed by atoms with Gasteiger partial charge in [0.25, 0.3) is 0 Å². The normalized spacial score (nSPS) is 22.4. The first-order valence-electron chi connectivity index (χ1n) is 9.49. The van der Waals surface area contributed by atoms with Crippen LogP contribution in [0.25, 0.3) is 11.5 Å². The quantitative estimate of drug-likeness (QED) is 0.803. The number of amides is 1. The van der Waals surface area contributed by atoms with E-state index in [4.69, 9.17) is 10.3 Å². The Kier molecular flexibility index (Phi) is 8.22. The Hall–Kier alpha value is -1.70. The van der Waals surface area contributed by atoms with Crippen LogP contribution < -0.4 is 5.73 Å². The number of piperidine rings is 1. The van der Waals surface area contributed by atoms with Crippen molar-refractivity contribution >= 4 is 30.7 Å². The fraction of sp³-hybridized carbons (Fsp3) is 0.579. The molecule has 2 aromatic rings. The van der Waals surface area contributed by atoms with Gasteiger partial charge in [0.2, 0.25) is 17.6 Å². The van der Waals surface area contributed by atoms with Crippen molar-refractivity contribution in [2.75, 3.05) is 13.1 Å². The van der Waals surface area contributed by atoms with Gasteiger partial charge in [-0.05, 0) is 43.7 Å². The van der Waals surface area contributed by atoms with Crippen molar-refractivity contribution in [2.45, 2.75) is 50.5 Å².